The molecule has 0 bridgehead atoms. The van der Waals surface area contributed by atoms with Gasteiger partial charge in [0.2, 0.25) is 0 Å². The molecule has 1 aromatic rings. The molecule has 1 aliphatic carbocycles. The van der Waals surface area contributed by atoms with Gasteiger partial charge in [-0.2, -0.15) is 0 Å². The molecule has 2 N–H and O–H groups in total. The molecular formula is C22H40N2O2. The van der Waals surface area contributed by atoms with Gasteiger partial charge in [0.1, 0.15) is 5.75 Å². The monoisotopic (exact) mass is 364 g/mol. The number of aliphatic hydroxyl groups is 1. The van der Waals surface area contributed by atoms with Gasteiger partial charge >= 0.3 is 0 Å². The summed E-state index contributed by atoms with van der Waals surface area (Å²) in [5.41, 5.74) is 1.37. The van der Waals surface area contributed by atoms with Gasteiger partial charge in [-0.15, -0.1) is 0 Å². The van der Waals surface area contributed by atoms with E-state index in [0.29, 0.717) is 12.5 Å². The van der Waals surface area contributed by atoms with Gasteiger partial charge in [0.05, 0.1) is 18.4 Å². The van der Waals surface area contributed by atoms with Crippen LogP contribution in [0.1, 0.15) is 84.9 Å². The summed E-state index contributed by atoms with van der Waals surface area (Å²) in [7, 11) is 0. The normalized spacial score (nSPS) is 20.9. The van der Waals surface area contributed by atoms with Gasteiger partial charge in [-0.05, 0) is 51.0 Å². The molecular weight excluding hydrogens is 324 g/mol. The lowest BCUT2D eigenvalue weighted by Gasteiger charge is -2.40. The molecule has 0 amide bonds. The summed E-state index contributed by atoms with van der Waals surface area (Å²) >= 11 is 0. The molecule has 1 saturated carbocycles. The molecule has 2 rings (SSSR count). The highest BCUT2D eigenvalue weighted by Gasteiger charge is 2.37. The van der Waals surface area contributed by atoms with E-state index in [-0.39, 0.29) is 5.60 Å². The van der Waals surface area contributed by atoms with E-state index in [9.17, 15) is 5.11 Å². The minimum Gasteiger partial charge on any atom is -0.492 e. The van der Waals surface area contributed by atoms with Crippen LogP contribution < -0.4 is 4.74 Å². The average molecular weight is 365 g/mol. The smallest absolute Gasteiger partial charge is 0.138 e. The Morgan fingerprint density at radius 3 is 2.46 bits per heavy atom. The van der Waals surface area contributed by atoms with Crippen molar-refractivity contribution in [1.82, 2.24) is 4.98 Å². The molecule has 1 aliphatic rings. The van der Waals surface area contributed by atoms with Crippen LogP contribution in [0.15, 0.2) is 12.3 Å². The molecule has 4 nitrogen and oxygen atoms in total. The summed E-state index contributed by atoms with van der Waals surface area (Å²) in [4.78, 5) is 4.17. The van der Waals surface area contributed by atoms with Crippen molar-refractivity contribution in [3.63, 3.8) is 0 Å². The van der Waals surface area contributed by atoms with E-state index >= 15 is 0 Å². The van der Waals surface area contributed by atoms with Crippen LogP contribution in [0.25, 0.3) is 0 Å². The van der Waals surface area contributed by atoms with Crippen LogP contribution in [0.2, 0.25) is 0 Å². The fourth-order valence-corrected chi connectivity index (χ4v) is 2.96. The van der Waals surface area contributed by atoms with E-state index in [1.807, 2.05) is 33.8 Å². The zero-order chi connectivity index (χ0) is 20.2. The third-order valence-corrected chi connectivity index (χ3v) is 4.37. The Labute approximate surface area is 160 Å². The summed E-state index contributed by atoms with van der Waals surface area (Å²) in [6.07, 6.45) is 8.67. The Bertz CT molecular complexity index is 505. The molecule has 150 valence electrons. The van der Waals surface area contributed by atoms with Gasteiger partial charge in [-0.3, -0.25) is 4.98 Å². The molecule has 0 aromatic carbocycles. The number of pyridine rings is 1. The Balaban J connectivity index is 0.000000484. The Hall–Kier alpha value is -1.42. The molecule has 26 heavy (non-hydrogen) atoms. The van der Waals surface area contributed by atoms with Gasteiger partial charge in [0.15, 0.2) is 0 Å². The lowest BCUT2D eigenvalue weighted by molar-refractivity contribution is -0.0593. The highest BCUT2D eigenvalue weighted by atomic mass is 16.5. The molecule has 0 atom stereocenters. The van der Waals surface area contributed by atoms with Crippen molar-refractivity contribution in [2.24, 2.45) is 11.8 Å². The summed E-state index contributed by atoms with van der Waals surface area (Å²) in [5.74, 6) is 2.22. The van der Waals surface area contributed by atoms with Gasteiger partial charge in [0, 0.05) is 17.5 Å². The van der Waals surface area contributed by atoms with Crippen LogP contribution in [-0.2, 0) is 0 Å². The van der Waals surface area contributed by atoms with E-state index in [4.69, 9.17) is 10.1 Å². The third-order valence-electron chi connectivity index (χ3n) is 4.37. The van der Waals surface area contributed by atoms with Crippen molar-refractivity contribution in [3.8, 4) is 5.75 Å². The summed E-state index contributed by atoms with van der Waals surface area (Å²) in [6, 6.07) is 1.86. The molecule has 0 aliphatic heterocycles. The number of nitrogens with zero attached hydrogens (tertiary/aromatic N) is 1. The summed E-state index contributed by atoms with van der Waals surface area (Å²) in [5, 5.41) is 16.5. The maximum absolute atomic E-state index is 9.31. The van der Waals surface area contributed by atoms with Gasteiger partial charge in [0.25, 0.3) is 0 Å². The van der Waals surface area contributed by atoms with Gasteiger partial charge in [-0.1, -0.05) is 47.5 Å². The number of hydrogen-bond acceptors (Lipinski definition) is 4. The lowest BCUT2D eigenvalue weighted by atomic mass is 9.70. The maximum Gasteiger partial charge on any atom is 0.138 e. The van der Waals surface area contributed by atoms with Gasteiger partial charge in [-0.25, -0.2) is 0 Å². The van der Waals surface area contributed by atoms with Crippen LogP contribution >= 0.6 is 0 Å². The molecule has 1 aromatic heterocycles. The van der Waals surface area contributed by atoms with E-state index in [1.54, 1.807) is 6.20 Å². The average Bonchev–Trinajstić information content (AvgIpc) is 2.57. The van der Waals surface area contributed by atoms with E-state index in [2.05, 4.69) is 25.8 Å². The van der Waals surface area contributed by atoms with Crippen LogP contribution in [0.5, 0.6) is 5.75 Å². The van der Waals surface area contributed by atoms with Crippen molar-refractivity contribution in [2.45, 2.75) is 86.2 Å². The van der Waals surface area contributed by atoms with Crippen LogP contribution in [0, 0.1) is 24.2 Å². The van der Waals surface area contributed by atoms with Gasteiger partial charge < -0.3 is 15.3 Å². The zero-order valence-electron chi connectivity index (χ0n) is 17.9. The first kappa shape index (κ1) is 24.6. The van der Waals surface area contributed by atoms with Crippen molar-refractivity contribution in [2.75, 3.05) is 6.61 Å². The Kier molecular flexibility index (Phi) is 12.2. The van der Waals surface area contributed by atoms with Crippen molar-refractivity contribution in [1.29, 1.82) is 5.41 Å². The molecule has 4 heteroatoms. The number of ether oxygens (including phenoxy) is 1. The molecule has 0 saturated heterocycles. The topological polar surface area (TPSA) is 66.2 Å². The summed E-state index contributed by atoms with van der Waals surface area (Å²) in [6.45, 7) is 15.1. The Morgan fingerprint density at radius 1 is 1.38 bits per heavy atom. The number of aryl methyl sites for hydroxylation is 1. The molecule has 0 radical (unpaired) electrons. The zero-order valence-corrected chi connectivity index (χ0v) is 17.9. The second-order valence-electron chi connectivity index (χ2n) is 7.58. The number of aromatic nitrogens is 1. The number of hydrogen-bond donors (Lipinski definition) is 2. The van der Waals surface area contributed by atoms with Crippen LogP contribution in [0.4, 0.5) is 0 Å². The fourth-order valence-electron chi connectivity index (χ4n) is 2.96. The predicted molar refractivity (Wildman–Crippen MR) is 111 cm³/mol. The maximum atomic E-state index is 9.31. The summed E-state index contributed by atoms with van der Waals surface area (Å²) < 4.78 is 5.55. The molecule has 1 fully saturated rings. The minimum atomic E-state index is -0.306. The first-order chi connectivity index (χ1) is 12.3. The highest BCUT2D eigenvalue weighted by molar-refractivity contribution is 5.78. The highest BCUT2D eigenvalue weighted by Crippen LogP contribution is 2.39. The van der Waals surface area contributed by atoms with E-state index in [1.165, 1.54) is 19.1 Å². The second-order valence-corrected chi connectivity index (χ2v) is 7.58. The molecule has 0 unspecified atom stereocenters. The fraction of sp³-hybridized carbons (Fsp3) is 0.727. The van der Waals surface area contributed by atoms with E-state index in [0.717, 1.165) is 42.2 Å². The molecule has 0 spiro atoms. The molecule has 1 heterocycles. The van der Waals surface area contributed by atoms with Crippen molar-refractivity contribution >= 4 is 6.21 Å². The third kappa shape index (κ3) is 9.91. The quantitative estimate of drug-likeness (QED) is 0.602. The first-order valence-corrected chi connectivity index (χ1v) is 10.1. The SMILES string of the molecule is CC.CCCC1CC(C)(O)C1.Cc1ncc(OCCC(C)C)cc1C=N. The van der Waals surface area contributed by atoms with Crippen molar-refractivity contribution < 1.29 is 9.84 Å². The second kappa shape index (κ2) is 12.9. The standard InChI is InChI=1S/C12H18N2O.C8H16O.C2H6/c1-9(2)4-5-15-12-6-11(7-13)10(3)14-8-12;1-3-4-7-5-8(2,9)6-7;1-2/h6-9,13H,4-5H2,1-3H3;7,9H,3-6H2,1-2H3;1-2H3. The minimum absolute atomic E-state index is 0.306. The van der Waals surface area contributed by atoms with Crippen LogP contribution in [0.3, 0.4) is 0 Å². The number of rotatable bonds is 7. The lowest BCUT2D eigenvalue weighted by Crippen LogP contribution is -2.40. The Morgan fingerprint density at radius 2 is 2.00 bits per heavy atom. The van der Waals surface area contributed by atoms with E-state index < -0.39 is 0 Å². The number of nitrogens with one attached hydrogen (secondary N) is 1. The predicted octanol–water partition coefficient (Wildman–Crippen LogP) is 5.79. The largest absolute Gasteiger partial charge is 0.492 e. The first-order valence-electron chi connectivity index (χ1n) is 10.1. The van der Waals surface area contributed by atoms with Crippen LogP contribution in [-0.4, -0.2) is 28.5 Å². The van der Waals surface area contributed by atoms with Crippen molar-refractivity contribution in [3.05, 3.63) is 23.5 Å².